The van der Waals surface area contributed by atoms with Gasteiger partial charge in [-0.1, -0.05) is 0 Å². The number of nitrogens with one attached hydrogen (secondary N) is 1. The molecule has 0 radical (unpaired) electrons. The molecule has 0 aromatic heterocycles. The number of carbonyl (C=O) groups excluding carboxylic acids is 1. The molecule has 0 bridgehead atoms. The lowest BCUT2D eigenvalue weighted by molar-refractivity contribution is -0.186. The van der Waals surface area contributed by atoms with Gasteiger partial charge in [-0.25, -0.2) is 13.7 Å². The van der Waals surface area contributed by atoms with E-state index in [1.54, 1.807) is 34.6 Å². The van der Waals surface area contributed by atoms with E-state index in [1.807, 2.05) is 0 Å². The highest BCUT2D eigenvalue weighted by atomic mass is 32.2. The first-order chi connectivity index (χ1) is 10.3. The molecule has 1 saturated heterocycles. The van der Waals surface area contributed by atoms with Crippen molar-refractivity contribution in [2.24, 2.45) is 0 Å². The molecule has 0 unspecified atom stereocenters. The first kappa shape index (κ1) is 20.4. The van der Waals surface area contributed by atoms with Crippen LogP contribution in [0.4, 0.5) is 8.78 Å². The van der Waals surface area contributed by atoms with Crippen molar-refractivity contribution in [3.63, 3.8) is 0 Å². The Morgan fingerprint density at radius 1 is 1.43 bits per heavy atom. The maximum absolute atomic E-state index is 14.5. The second-order valence-corrected chi connectivity index (χ2v) is 8.69. The summed E-state index contributed by atoms with van der Waals surface area (Å²) in [5.74, 6) is -6.65. The topological polar surface area (TPSA) is 73.9 Å². The predicted octanol–water partition coefficient (Wildman–Crippen LogP) is 1.76. The van der Waals surface area contributed by atoms with Crippen LogP contribution in [0.15, 0.2) is 0 Å². The molecule has 1 aliphatic heterocycles. The highest BCUT2D eigenvalue weighted by Crippen LogP contribution is 2.32. The fraction of sp³-hybridized carbons (Fsp3) is 0.929. The normalized spacial score (nSPS) is 24.3. The van der Waals surface area contributed by atoms with Crippen molar-refractivity contribution in [1.82, 2.24) is 4.72 Å². The van der Waals surface area contributed by atoms with Crippen molar-refractivity contribution in [3.05, 3.63) is 0 Å². The highest BCUT2D eigenvalue weighted by Gasteiger charge is 2.56. The lowest BCUT2D eigenvalue weighted by Gasteiger charge is -2.32. The third kappa shape index (κ3) is 5.17. The molecule has 3 atom stereocenters. The molecule has 1 fully saturated rings. The highest BCUT2D eigenvalue weighted by molar-refractivity contribution is 7.84. The maximum Gasteiger partial charge on any atom is 0.378 e. The molecular formula is C14H25F2NO5S. The van der Waals surface area contributed by atoms with E-state index in [9.17, 15) is 17.8 Å². The van der Waals surface area contributed by atoms with Crippen molar-refractivity contribution in [2.45, 2.75) is 70.1 Å². The molecule has 1 N–H and O–H groups in total. The molecule has 0 aliphatic carbocycles. The van der Waals surface area contributed by atoms with E-state index in [-0.39, 0.29) is 13.2 Å². The Labute approximate surface area is 137 Å². The summed E-state index contributed by atoms with van der Waals surface area (Å²) in [6.45, 7) is 9.14. The maximum atomic E-state index is 14.5. The summed E-state index contributed by atoms with van der Waals surface area (Å²) in [5.41, 5.74) is 0. The van der Waals surface area contributed by atoms with Crippen molar-refractivity contribution >= 4 is 17.0 Å². The zero-order valence-electron chi connectivity index (χ0n) is 14.3. The smallest absolute Gasteiger partial charge is 0.378 e. The Hall–Kier alpha value is -0.640. The van der Waals surface area contributed by atoms with Crippen LogP contribution in [0.1, 0.15) is 41.5 Å². The average molecular weight is 357 g/mol. The second kappa shape index (κ2) is 7.08. The third-order valence-electron chi connectivity index (χ3n) is 3.13. The Bertz CT molecular complexity index is 465. The largest absolute Gasteiger partial charge is 0.462 e. The zero-order valence-corrected chi connectivity index (χ0v) is 15.1. The van der Waals surface area contributed by atoms with Crippen LogP contribution in [0, 0.1) is 0 Å². The second-order valence-electron chi connectivity index (χ2n) is 6.69. The first-order valence-corrected chi connectivity index (χ1v) is 8.51. The van der Waals surface area contributed by atoms with Crippen molar-refractivity contribution in [3.8, 4) is 0 Å². The van der Waals surface area contributed by atoms with Gasteiger partial charge in [-0.05, 0) is 41.5 Å². The molecule has 23 heavy (non-hydrogen) atoms. The van der Waals surface area contributed by atoms with Crippen molar-refractivity contribution in [1.29, 1.82) is 0 Å². The number of esters is 1. The summed E-state index contributed by atoms with van der Waals surface area (Å²) >= 11 is 0. The molecule has 6 nitrogen and oxygen atoms in total. The molecule has 0 aromatic carbocycles. The number of ether oxygens (including phenoxy) is 3. The van der Waals surface area contributed by atoms with Crippen LogP contribution in [0.25, 0.3) is 0 Å². The summed E-state index contributed by atoms with van der Waals surface area (Å²) in [5, 5.41) is 0. The number of hydrogen-bond donors (Lipinski definition) is 1. The summed E-state index contributed by atoms with van der Waals surface area (Å²) in [4.78, 5) is 11.6. The minimum Gasteiger partial charge on any atom is -0.462 e. The van der Waals surface area contributed by atoms with Gasteiger partial charge in [-0.3, -0.25) is 0 Å². The van der Waals surface area contributed by atoms with Crippen LogP contribution in [0.2, 0.25) is 0 Å². The lowest BCUT2D eigenvalue weighted by Crippen LogP contribution is -2.59. The number of halogens is 2. The van der Waals surface area contributed by atoms with Crippen LogP contribution in [-0.4, -0.2) is 52.0 Å². The zero-order chi connectivity index (χ0) is 18.1. The molecule has 136 valence electrons. The van der Waals surface area contributed by atoms with E-state index < -0.39 is 45.6 Å². The van der Waals surface area contributed by atoms with Crippen molar-refractivity contribution in [2.75, 3.05) is 13.2 Å². The van der Waals surface area contributed by atoms with E-state index in [4.69, 9.17) is 9.47 Å². The van der Waals surface area contributed by atoms with Gasteiger partial charge in [0.05, 0.1) is 28.9 Å². The summed E-state index contributed by atoms with van der Waals surface area (Å²) in [7, 11) is -1.83. The molecule has 0 aromatic rings. The summed E-state index contributed by atoms with van der Waals surface area (Å²) in [6.07, 6.45) is -1.14. The minimum absolute atomic E-state index is 0.152. The van der Waals surface area contributed by atoms with Gasteiger partial charge in [0.1, 0.15) is 12.1 Å². The monoisotopic (exact) mass is 357 g/mol. The Morgan fingerprint density at radius 2 is 2.00 bits per heavy atom. The standard InChI is InChI=1S/C14H25F2NO5S/c1-7-20-11(18)14(15,16)10(17-23(19)12(2,3)4)9-8-21-13(5,6)22-9/h9-10,17H,7-8H2,1-6H3/t9-,10+,23-/m1/s1. The van der Waals surface area contributed by atoms with Gasteiger partial charge in [-0.2, -0.15) is 8.78 Å². The van der Waals surface area contributed by atoms with Gasteiger partial charge in [0.25, 0.3) is 0 Å². The van der Waals surface area contributed by atoms with Crippen LogP contribution in [0.3, 0.4) is 0 Å². The van der Waals surface area contributed by atoms with Crippen LogP contribution < -0.4 is 4.72 Å². The Morgan fingerprint density at radius 3 is 2.39 bits per heavy atom. The van der Waals surface area contributed by atoms with Crippen molar-refractivity contribution < 1.29 is 32.0 Å². The molecule has 0 saturated carbocycles. The molecular weight excluding hydrogens is 332 g/mol. The molecule has 1 aliphatic rings. The van der Waals surface area contributed by atoms with E-state index in [1.165, 1.54) is 6.92 Å². The average Bonchev–Trinajstić information content (AvgIpc) is 2.74. The fourth-order valence-corrected chi connectivity index (χ4v) is 2.79. The molecule has 9 heteroatoms. The Kier molecular flexibility index (Phi) is 6.28. The van der Waals surface area contributed by atoms with Gasteiger partial charge >= 0.3 is 11.9 Å². The fourth-order valence-electron chi connectivity index (χ4n) is 1.91. The van der Waals surface area contributed by atoms with Crippen LogP contribution in [0.5, 0.6) is 0 Å². The van der Waals surface area contributed by atoms with E-state index in [0.29, 0.717) is 0 Å². The number of carbonyl (C=O) groups is 1. The van der Waals surface area contributed by atoms with Gasteiger partial charge < -0.3 is 14.2 Å². The van der Waals surface area contributed by atoms with Crippen LogP contribution in [-0.2, 0) is 30.0 Å². The molecule has 1 rings (SSSR count). The van der Waals surface area contributed by atoms with Gasteiger partial charge in [0, 0.05) is 0 Å². The molecule has 0 spiro atoms. The molecule has 0 amide bonds. The number of alkyl halides is 2. The summed E-state index contributed by atoms with van der Waals surface area (Å²) < 4.78 is 58.0. The third-order valence-corrected chi connectivity index (χ3v) is 4.71. The predicted molar refractivity (Wildman–Crippen MR) is 81.3 cm³/mol. The quantitative estimate of drug-likeness (QED) is 0.733. The van der Waals surface area contributed by atoms with Gasteiger partial charge in [-0.15, -0.1) is 0 Å². The van der Waals surface area contributed by atoms with E-state index >= 15 is 0 Å². The van der Waals surface area contributed by atoms with Crippen LogP contribution >= 0.6 is 0 Å². The molecule has 1 heterocycles. The SMILES string of the molecule is CCOC(=O)C(F)(F)[C@@H](N[S@](=O)C(C)(C)C)[C@H]1COC(C)(C)O1. The Balaban J connectivity index is 3.06. The van der Waals surface area contributed by atoms with Gasteiger partial charge in [0.2, 0.25) is 0 Å². The lowest BCUT2D eigenvalue weighted by atomic mass is 10.1. The summed E-state index contributed by atoms with van der Waals surface area (Å²) in [6, 6.07) is -1.83. The van der Waals surface area contributed by atoms with E-state index in [0.717, 1.165) is 0 Å². The first-order valence-electron chi connectivity index (χ1n) is 7.36. The van der Waals surface area contributed by atoms with E-state index in [2.05, 4.69) is 9.46 Å². The minimum atomic E-state index is -3.91. The number of hydrogen-bond acceptors (Lipinski definition) is 5. The number of rotatable bonds is 6. The van der Waals surface area contributed by atoms with Gasteiger partial charge in [0.15, 0.2) is 5.79 Å².